The normalized spacial score (nSPS) is 14.6. The van der Waals surface area contributed by atoms with Crippen LogP contribution >= 0.6 is 0 Å². The van der Waals surface area contributed by atoms with E-state index in [1.165, 1.54) is 21.9 Å². The maximum atomic E-state index is 4.51. The number of nitrogens with zero attached hydrogens (tertiary/aromatic N) is 4. The third kappa shape index (κ3) is 3.94. The maximum absolute atomic E-state index is 4.51. The van der Waals surface area contributed by atoms with Crippen LogP contribution in [0.3, 0.4) is 0 Å². The summed E-state index contributed by atoms with van der Waals surface area (Å²) in [6.45, 7) is 4.02. The van der Waals surface area contributed by atoms with Crippen molar-refractivity contribution in [1.82, 2.24) is 19.7 Å². The van der Waals surface area contributed by atoms with Crippen LogP contribution in [0.15, 0.2) is 72.8 Å². The number of fused-ring (bicyclic) bond motifs is 2. The third-order valence-electron chi connectivity index (χ3n) is 5.95. The molecule has 3 aromatic carbocycles. The van der Waals surface area contributed by atoms with Crippen molar-refractivity contribution in [2.75, 3.05) is 13.1 Å². The van der Waals surface area contributed by atoms with E-state index in [0.717, 1.165) is 57.1 Å². The lowest BCUT2D eigenvalue weighted by Crippen LogP contribution is -2.26. The molecule has 0 fully saturated rings. The predicted octanol–water partition coefficient (Wildman–Crippen LogP) is 4.27. The van der Waals surface area contributed by atoms with E-state index >= 15 is 0 Å². The highest BCUT2D eigenvalue weighted by atomic mass is 15.3. The number of rotatable bonds is 5. The van der Waals surface area contributed by atoms with Gasteiger partial charge in [-0.2, -0.15) is 0 Å². The average molecular weight is 383 g/mol. The van der Waals surface area contributed by atoms with Crippen LogP contribution in [-0.4, -0.2) is 32.8 Å². The van der Waals surface area contributed by atoms with Crippen molar-refractivity contribution in [2.24, 2.45) is 0 Å². The molecular formula is C25H26N4. The van der Waals surface area contributed by atoms with Gasteiger partial charge in [0.1, 0.15) is 11.6 Å². The Morgan fingerprint density at radius 2 is 1.55 bits per heavy atom. The second kappa shape index (κ2) is 8.18. The Balaban J connectivity index is 1.28. The molecule has 0 spiro atoms. The van der Waals surface area contributed by atoms with Crippen molar-refractivity contribution in [3.63, 3.8) is 0 Å². The summed E-state index contributed by atoms with van der Waals surface area (Å²) in [4.78, 5) is 2.55. The lowest BCUT2D eigenvalue weighted by molar-refractivity contribution is 0.271. The molecule has 0 bridgehead atoms. The average Bonchev–Trinajstić information content (AvgIpc) is 3.05. The van der Waals surface area contributed by atoms with Gasteiger partial charge in [0.2, 0.25) is 0 Å². The molecule has 1 aliphatic rings. The molecule has 4 heteroatoms. The molecule has 0 saturated carbocycles. The van der Waals surface area contributed by atoms with E-state index in [4.69, 9.17) is 0 Å². The van der Waals surface area contributed by atoms with Gasteiger partial charge in [-0.05, 0) is 28.3 Å². The zero-order chi connectivity index (χ0) is 19.5. The summed E-state index contributed by atoms with van der Waals surface area (Å²) < 4.78 is 2.35. The highest BCUT2D eigenvalue weighted by molar-refractivity contribution is 5.85. The monoisotopic (exact) mass is 382 g/mol. The molecule has 0 atom stereocenters. The van der Waals surface area contributed by atoms with Gasteiger partial charge in [0.15, 0.2) is 0 Å². The van der Waals surface area contributed by atoms with Crippen molar-refractivity contribution in [2.45, 2.75) is 32.4 Å². The molecule has 4 aromatic rings. The van der Waals surface area contributed by atoms with Crippen LogP contribution in [0.5, 0.6) is 0 Å². The first kappa shape index (κ1) is 18.1. The van der Waals surface area contributed by atoms with Crippen LogP contribution in [0, 0.1) is 0 Å². The van der Waals surface area contributed by atoms with Gasteiger partial charge in [-0.25, -0.2) is 0 Å². The van der Waals surface area contributed by atoms with E-state index in [2.05, 4.69) is 92.5 Å². The van der Waals surface area contributed by atoms with Crippen molar-refractivity contribution < 1.29 is 0 Å². The molecule has 1 aromatic heterocycles. The van der Waals surface area contributed by atoms with Crippen molar-refractivity contribution in [1.29, 1.82) is 0 Å². The van der Waals surface area contributed by atoms with Crippen molar-refractivity contribution in [3.05, 3.63) is 95.6 Å². The first-order chi connectivity index (χ1) is 14.4. The lowest BCUT2D eigenvalue weighted by Gasteiger charge is -2.20. The Morgan fingerprint density at radius 1 is 0.724 bits per heavy atom. The van der Waals surface area contributed by atoms with Crippen LogP contribution < -0.4 is 0 Å². The predicted molar refractivity (Wildman–Crippen MR) is 117 cm³/mol. The first-order valence-electron chi connectivity index (χ1n) is 10.5. The fourth-order valence-electron chi connectivity index (χ4n) is 4.34. The van der Waals surface area contributed by atoms with E-state index in [1.807, 2.05) is 0 Å². The zero-order valence-electron chi connectivity index (χ0n) is 16.7. The number of aryl methyl sites for hydroxylation is 2. The number of benzene rings is 3. The molecule has 0 aliphatic carbocycles. The van der Waals surface area contributed by atoms with Gasteiger partial charge in [-0.15, -0.1) is 10.2 Å². The van der Waals surface area contributed by atoms with E-state index in [1.54, 1.807) is 0 Å². The first-order valence-corrected chi connectivity index (χ1v) is 10.5. The summed E-state index contributed by atoms with van der Waals surface area (Å²) >= 11 is 0. The van der Waals surface area contributed by atoms with Crippen LogP contribution in [0.1, 0.15) is 22.8 Å². The fraction of sp³-hybridized carbons (Fsp3) is 0.280. The molecular weight excluding hydrogens is 356 g/mol. The van der Waals surface area contributed by atoms with E-state index in [-0.39, 0.29) is 0 Å². The van der Waals surface area contributed by atoms with Gasteiger partial charge >= 0.3 is 0 Å². The summed E-state index contributed by atoms with van der Waals surface area (Å²) in [6.07, 6.45) is 2.92. The van der Waals surface area contributed by atoms with Crippen LogP contribution in [0.4, 0.5) is 0 Å². The minimum absolute atomic E-state index is 0.945. The number of aromatic nitrogens is 3. The van der Waals surface area contributed by atoms with Crippen LogP contribution in [0.2, 0.25) is 0 Å². The second-order valence-corrected chi connectivity index (χ2v) is 7.83. The Bertz CT molecular complexity index is 1090. The fourth-order valence-corrected chi connectivity index (χ4v) is 4.34. The second-order valence-electron chi connectivity index (χ2n) is 7.83. The highest BCUT2D eigenvalue weighted by Crippen LogP contribution is 2.21. The molecule has 0 N–H and O–H groups in total. The molecule has 4 nitrogen and oxygen atoms in total. The van der Waals surface area contributed by atoms with Gasteiger partial charge in [0, 0.05) is 39.0 Å². The summed E-state index contributed by atoms with van der Waals surface area (Å²) in [7, 11) is 0. The minimum atomic E-state index is 0.945. The Morgan fingerprint density at radius 3 is 2.48 bits per heavy atom. The molecule has 1 aliphatic heterocycles. The van der Waals surface area contributed by atoms with Crippen molar-refractivity contribution in [3.8, 4) is 0 Å². The SMILES string of the molecule is c1ccc(CCc2nnc3n2CCN(Cc2cccc4ccccc24)CC3)cc1. The molecule has 0 saturated heterocycles. The molecule has 5 rings (SSSR count). The number of hydrogen-bond donors (Lipinski definition) is 0. The van der Waals surface area contributed by atoms with Crippen molar-refractivity contribution >= 4 is 10.8 Å². The largest absolute Gasteiger partial charge is 0.314 e. The lowest BCUT2D eigenvalue weighted by atomic mass is 10.0. The Hall–Kier alpha value is -2.98. The molecule has 0 unspecified atom stereocenters. The summed E-state index contributed by atoms with van der Waals surface area (Å²) in [6, 6.07) is 26.0. The van der Waals surface area contributed by atoms with Gasteiger partial charge in [-0.3, -0.25) is 4.90 Å². The highest BCUT2D eigenvalue weighted by Gasteiger charge is 2.19. The van der Waals surface area contributed by atoms with Gasteiger partial charge in [0.25, 0.3) is 0 Å². The van der Waals surface area contributed by atoms with Crippen LogP contribution in [0.25, 0.3) is 10.8 Å². The third-order valence-corrected chi connectivity index (χ3v) is 5.95. The quantitative estimate of drug-likeness (QED) is 0.517. The van der Waals surface area contributed by atoms with Gasteiger partial charge < -0.3 is 4.57 Å². The Kier molecular flexibility index (Phi) is 5.10. The molecule has 0 amide bonds. The summed E-state index contributed by atoms with van der Waals surface area (Å²) in [5.41, 5.74) is 2.76. The smallest absolute Gasteiger partial charge is 0.134 e. The van der Waals surface area contributed by atoms with Gasteiger partial charge in [0.05, 0.1) is 0 Å². The Labute approximate surface area is 171 Å². The van der Waals surface area contributed by atoms with Gasteiger partial charge in [-0.1, -0.05) is 72.8 Å². The molecule has 29 heavy (non-hydrogen) atoms. The van der Waals surface area contributed by atoms with Crippen LogP contribution in [-0.2, 0) is 32.4 Å². The molecule has 2 heterocycles. The minimum Gasteiger partial charge on any atom is -0.314 e. The maximum Gasteiger partial charge on any atom is 0.134 e. The summed E-state index contributed by atoms with van der Waals surface area (Å²) in [5.74, 6) is 2.25. The van der Waals surface area contributed by atoms with E-state index < -0.39 is 0 Å². The summed E-state index contributed by atoms with van der Waals surface area (Å²) in [5, 5.41) is 11.7. The standard InChI is InChI=1S/C25H26N4/c1-2-7-20(8-3-1)13-14-24-26-27-25-15-16-28(17-18-29(24)25)19-22-11-6-10-21-9-4-5-12-23(21)22/h1-12H,13-19H2. The molecule has 146 valence electrons. The molecule has 0 radical (unpaired) electrons. The zero-order valence-corrected chi connectivity index (χ0v) is 16.7. The topological polar surface area (TPSA) is 34.0 Å². The number of hydrogen-bond acceptors (Lipinski definition) is 3. The van der Waals surface area contributed by atoms with E-state index in [0.29, 0.717) is 0 Å². The van der Waals surface area contributed by atoms with E-state index in [9.17, 15) is 0 Å².